The zero-order valence-corrected chi connectivity index (χ0v) is 16.2. The Hall–Kier alpha value is -3.54. The molecule has 29 heavy (non-hydrogen) atoms. The van der Waals surface area contributed by atoms with Gasteiger partial charge in [-0.3, -0.25) is 9.59 Å². The van der Waals surface area contributed by atoms with E-state index in [1.165, 1.54) is 0 Å². The van der Waals surface area contributed by atoms with Gasteiger partial charge in [-0.2, -0.15) is 0 Å². The first-order valence-electron chi connectivity index (χ1n) is 9.74. The molecule has 2 heterocycles. The van der Waals surface area contributed by atoms with E-state index in [0.29, 0.717) is 24.4 Å². The van der Waals surface area contributed by atoms with Crippen molar-refractivity contribution in [3.63, 3.8) is 0 Å². The molecule has 6 nitrogen and oxygen atoms in total. The van der Waals surface area contributed by atoms with Gasteiger partial charge in [-0.05, 0) is 42.8 Å². The Morgan fingerprint density at radius 3 is 2.76 bits per heavy atom. The Labute approximate surface area is 169 Å². The van der Waals surface area contributed by atoms with Gasteiger partial charge in [-0.1, -0.05) is 31.2 Å². The van der Waals surface area contributed by atoms with E-state index in [1.54, 1.807) is 24.5 Å². The minimum absolute atomic E-state index is 0.0345. The lowest BCUT2D eigenvalue weighted by molar-refractivity contribution is 0.0742. The molecular formula is C23H23N3O3. The fraction of sp³-hybridized carbons (Fsp3) is 0.217. The number of hydrogen-bond donors (Lipinski definition) is 2. The molecule has 0 aliphatic carbocycles. The van der Waals surface area contributed by atoms with Crippen molar-refractivity contribution in [2.75, 3.05) is 11.9 Å². The number of furan rings is 1. The Bertz CT molecular complexity index is 1010. The monoisotopic (exact) mass is 389 g/mol. The van der Waals surface area contributed by atoms with Crippen LogP contribution >= 0.6 is 0 Å². The van der Waals surface area contributed by atoms with Crippen molar-refractivity contribution in [2.24, 2.45) is 0 Å². The van der Waals surface area contributed by atoms with Crippen molar-refractivity contribution in [3.8, 4) is 0 Å². The number of hydrogen-bond acceptors (Lipinski definition) is 4. The van der Waals surface area contributed by atoms with E-state index in [0.717, 1.165) is 23.2 Å². The summed E-state index contributed by atoms with van der Waals surface area (Å²) in [5, 5.41) is 6.28. The van der Waals surface area contributed by atoms with Gasteiger partial charge in [0.1, 0.15) is 11.9 Å². The molecule has 0 saturated heterocycles. The van der Waals surface area contributed by atoms with Gasteiger partial charge in [-0.15, -0.1) is 0 Å². The largest absolute Gasteiger partial charge is 0.467 e. The van der Waals surface area contributed by atoms with E-state index >= 15 is 0 Å². The molecule has 3 aromatic rings. The van der Waals surface area contributed by atoms with Crippen molar-refractivity contribution < 1.29 is 14.0 Å². The highest BCUT2D eigenvalue weighted by molar-refractivity contribution is 5.99. The van der Waals surface area contributed by atoms with E-state index in [1.807, 2.05) is 47.4 Å². The van der Waals surface area contributed by atoms with Crippen molar-refractivity contribution in [2.45, 2.75) is 26.1 Å². The van der Waals surface area contributed by atoms with Gasteiger partial charge in [0.05, 0.1) is 12.8 Å². The topological polar surface area (TPSA) is 74.6 Å². The highest BCUT2D eigenvalue weighted by Gasteiger charge is 2.35. The summed E-state index contributed by atoms with van der Waals surface area (Å²) in [6.45, 7) is 3.05. The zero-order valence-electron chi connectivity index (χ0n) is 16.2. The summed E-state index contributed by atoms with van der Waals surface area (Å²) >= 11 is 0. The second-order valence-electron chi connectivity index (χ2n) is 6.98. The number of carbonyl (C=O) groups excluding carboxylic acids is 2. The summed E-state index contributed by atoms with van der Waals surface area (Å²) in [7, 11) is 0. The summed E-state index contributed by atoms with van der Waals surface area (Å²) in [4.78, 5) is 27.1. The lowest BCUT2D eigenvalue weighted by Gasteiger charge is -2.27. The number of nitrogens with one attached hydrogen (secondary N) is 2. The predicted octanol–water partition coefficient (Wildman–Crippen LogP) is 4.19. The maximum atomic E-state index is 12.8. The Kier molecular flexibility index (Phi) is 5.33. The van der Waals surface area contributed by atoms with Gasteiger partial charge in [0.25, 0.3) is 11.8 Å². The number of anilines is 1. The summed E-state index contributed by atoms with van der Waals surface area (Å²) in [6, 6.07) is 18.6. The quantitative estimate of drug-likeness (QED) is 0.636. The third-order valence-corrected chi connectivity index (χ3v) is 4.95. The molecular weight excluding hydrogens is 366 g/mol. The second-order valence-corrected chi connectivity index (χ2v) is 6.98. The molecule has 0 spiro atoms. The third-order valence-electron chi connectivity index (χ3n) is 4.95. The van der Waals surface area contributed by atoms with Gasteiger partial charge in [0, 0.05) is 28.9 Å². The molecule has 2 N–H and O–H groups in total. The molecule has 0 fully saturated rings. The summed E-state index contributed by atoms with van der Waals surface area (Å²) in [5.41, 5.74) is 3.01. The average molecular weight is 389 g/mol. The smallest absolute Gasteiger partial charge is 0.256 e. The SMILES string of the molecule is CCCN1C(=O)c2ccccc2C1Nc1cccc(C(=O)NCc2ccco2)c1. The molecule has 1 atom stereocenters. The van der Waals surface area contributed by atoms with Gasteiger partial charge in [0.15, 0.2) is 0 Å². The van der Waals surface area contributed by atoms with Gasteiger partial charge in [0.2, 0.25) is 0 Å². The molecule has 0 saturated carbocycles. The van der Waals surface area contributed by atoms with Crippen LogP contribution in [0.5, 0.6) is 0 Å². The van der Waals surface area contributed by atoms with Crippen LogP contribution in [-0.2, 0) is 6.54 Å². The predicted molar refractivity (Wildman–Crippen MR) is 110 cm³/mol. The van der Waals surface area contributed by atoms with E-state index in [9.17, 15) is 9.59 Å². The van der Waals surface area contributed by atoms with Crippen LogP contribution in [0.25, 0.3) is 0 Å². The molecule has 148 valence electrons. The maximum Gasteiger partial charge on any atom is 0.256 e. The lowest BCUT2D eigenvalue weighted by atomic mass is 10.1. The fourth-order valence-corrected chi connectivity index (χ4v) is 3.59. The number of nitrogens with zero attached hydrogens (tertiary/aromatic N) is 1. The van der Waals surface area contributed by atoms with Gasteiger partial charge in [-0.25, -0.2) is 0 Å². The molecule has 1 aliphatic heterocycles. The molecule has 1 aromatic heterocycles. The normalized spacial score (nSPS) is 15.3. The van der Waals surface area contributed by atoms with Crippen molar-refractivity contribution >= 4 is 17.5 Å². The molecule has 2 amide bonds. The van der Waals surface area contributed by atoms with Crippen LogP contribution < -0.4 is 10.6 Å². The lowest BCUT2D eigenvalue weighted by Crippen LogP contribution is -2.33. The van der Waals surface area contributed by atoms with Crippen LogP contribution in [0.15, 0.2) is 71.3 Å². The van der Waals surface area contributed by atoms with E-state index < -0.39 is 0 Å². The third kappa shape index (κ3) is 3.87. The number of carbonyl (C=O) groups is 2. The first kappa shape index (κ1) is 18.8. The second kappa shape index (κ2) is 8.22. The summed E-state index contributed by atoms with van der Waals surface area (Å²) in [6.07, 6.45) is 2.20. The highest BCUT2D eigenvalue weighted by atomic mass is 16.3. The average Bonchev–Trinajstić information content (AvgIpc) is 3.36. The van der Waals surface area contributed by atoms with Crippen LogP contribution in [0.1, 0.15) is 51.6 Å². The first-order chi connectivity index (χ1) is 14.2. The molecule has 1 unspecified atom stereocenters. The van der Waals surface area contributed by atoms with Crippen LogP contribution in [0.2, 0.25) is 0 Å². The summed E-state index contributed by atoms with van der Waals surface area (Å²) < 4.78 is 5.25. The Morgan fingerprint density at radius 2 is 1.97 bits per heavy atom. The molecule has 4 rings (SSSR count). The molecule has 0 radical (unpaired) electrons. The number of benzene rings is 2. The molecule has 0 bridgehead atoms. The van der Waals surface area contributed by atoms with Crippen LogP contribution in [-0.4, -0.2) is 23.3 Å². The van der Waals surface area contributed by atoms with E-state index in [4.69, 9.17) is 4.42 Å². The molecule has 1 aliphatic rings. The number of amides is 2. The molecule has 2 aromatic carbocycles. The minimum atomic E-state index is -0.250. The fourth-order valence-electron chi connectivity index (χ4n) is 3.59. The number of fused-ring (bicyclic) bond motifs is 1. The Morgan fingerprint density at radius 1 is 1.10 bits per heavy atom. The first-order valence-corrected chi connectivity index (χ1v) is 9.74. The standard InChI is InChI=1S/C23H23N3O3/c1-2-12-26-21(19-10-3-4-11-20(19)23(26)28)25-17-8-5-7-16(14-17)22(27)24-15-18-9-6-13-29-18/h3-11,13-14,21,25H,2,12,15H2,1H3,(H,24,27). The number of rotatable bonds is 7. The van der Waals surface area contributed by atoms with Crippen molar-refractivity contribution in [1.29, 1.82) is 0 Å². The minimum Gasteiger partial charge on any atom is -0.467 e. The van der Waals surface area contributed by atoms with E-state index in [-0.39, 0.29) is 18.0 Å². The van der Waals surface area contributed by atoms with Crippen LogP contribution in [0, 0.1) is 0 Å². The highest BCUT2D eigenvalue weighted by Crippen LogP contribution is 2.34. The van der Waals surface area contributed by atoms with E-state index in [2.05, 4.69) is 17.6 Å². The molecule has 6 heteroatoms. The van der Waals surface area contributed by atoms with Crippen LogP contribution in [0.4, 0.5) is 5.69 Å². The Balaban J connectivity index is 1.52. The zero-order chi connectivity index (χ0) is 20.2. The van der Waals surface area contributed by atoms with Crippen LogP contribution in [0.3, 0.4) is 0 Å². The van der Waals surface area contributed by atoms with Crippen molar-refractivity contribution in [3.05, 3.63) is 89.4 Å². The van der Waals surface area contributed by atoms with Crippen molar-refractivity contribution in [1.82, 2.24) is 10.2 Å². The van der Waals surface area contributed by atoms with Gasteiger partial charge < -0.3 is 20.0 Å². The summed E-state index contributed by atoms with van der Waals surface area (Å²) in [5.74, 6) is 0.551. The van der Waals surface area contributed by atoms with Gasteiger partial charge >= 0.3 is 0 Å². The maximum absolute atomic E-state index is 12.8.